The first-order chi connectivity index (χ1) is 10.0. The molecule has 0 amide bonds. The minimum Gasteiger partial charge on any atom is -0.496 e. The van der Waals surface area contributed by atoms with Gasteiger partial charge in [0.05, 0.1) is 7.11 Å². The molecule has 0 unspecified atom stereocenters. The molecule has 2 aromatic carbocycles. The van der Waals surface area contributed by atoms with E-state index in [-0.39, 0.29) is 6.04 Å². The van der Waals surface area contributed by atoms with Crippen LogP contribution >= 0.6 is 15.9 Å². The van der Waals surface area contributed by atoms with Crippen LogP contribution in [0.25, 0.3) is 0 Å². The number of methoxy groups -OCH3 is 1. The van der Waals surface area contributed by atoms with Crippen molar-refractivity contribution in [1.82, 2.24) is 0 Å². The average molecular weight is 350 g/mol. The van der Waals surface area contributed by atoms with Gasteiger partial charge in [0.1, 0.15) is 18.1 Å². The maximum Gasteiger partial charge on any atom is 0.125 e. The molecule has 21 heavy (non-hydrogen) atoms. The SMILES string of the molecule is COc1ccc(Br)cc1COc1cc(C)ccc1[C@@H](C)N. The van der Waals surface area contributed by atoms with E-state index in [9.17, 15) is 0 Å². The molecule has 0 radical (unpaired) electrons. The second-order valence-corrected chi connectivity index (χ2v) is 5.99. The van der Waals surface area contributed by atoms with E-state index in [4.69, 9.17) is 15.2 Å². The zero-order valence-corrected chi connectivity index (χ0v) is 14.1. The van der Waals surface area contributed by atoms with Crippen LogP contribution < -0.4 is 15.2 Å². The van der Waals surface area contributed by atoms with E-state index in [1.165, 1.54) is 0 Å². The molecule has 0 saturated heterocycles. The van der Waals surface area contributed by atoms with Crippen LogP contribution in [-0.2, 0) is 6.61 Å². The standard InChI is InChI=1S/C17H20BrNO2/c1-11-4-6-15(12(2)19)17(8-11)21-10-13-9-14(18)5-7-16(13)20-3/h4-9,12H,10,19H2,1-3H3/t12-/m1/s1. The second-order valence-electron chi connectivity index (χ2n) is 5.07. The number of benzene rings is 2. The molecular weight excluding hydrogens is 330 g/mol. The quantitative estimate of drug-likeness (QED) is 0.871. The van der Waals surface area contributed by atoms with Gasteiger partial charge in [0.2, 0.25) is 0 Å². The molecule has 0 bridgehead atoms. The molecule has 0 heterocycles. The number of aryl methyl sites for hydroxylation is 1. The molecular formula is C17H20BrNO2. The molecule has 0 fully saturated rings. The van der Waals surface area contributed by atoms with Gasteiger partial charge in [-0.3, -0.25) is 0 Å². The summed E-state index contributed by atoms with van der Waals surface area (Å²) in [5, 5.41) is 0. The molecule has 0 saturated carbocycles. The van der Waals surface area contributed by atoms with E-state index >= 15 is 0 Å². The summed E-state index contributed by atoms with van der Waals surface area (Å²) < 4.78 is 12.3. The fourth-order valence-corrected chi connectivity index (χ4v) is 2.57. The van der Waals surface area contributed by atoms with Crippen LogP contribution in [-0.4, -0.2) is 7.11 Å². The first-order valence-electron chi connectivity index (χ1n) is 6.82. The average Bonchev–Trinajstić information content (AvgIpc) is 2.45. The van der Waals surface area contributed by atoms with E-state index < -0.39 is 0 Å². The number of ether oxygens (including phenoxy) is 2. The van der Waals surface area contributed by atoms with Gasteiger partial charge >= 0.3 is 0 Å². The summed E-state index contributed by atoms with van der Waals surface area (Å²) in [7, 11) is 1.66. The van der Waals surface area contributed by atoms with Gasteiger partial charge in [-0.15, -0.1) is 0 Å². The van der Waals surface area contributed by atoms with Crippen LogP contribution in [0, 0.1) is 6.92 Å². The van der Waals surface area contributed by atoms with Crippen LogP contribution in [0.3, 0.4) is 0 Å². The fourth-order valence-electron chi connectivity index (χ4n) is 2.16. The molecule has 1 atom stereocenters. The second kappa shape index (κ2) is 6.96. The van der Waals surface area contributed by atoms with Crippen molar-refractivity contribution in [3.8, 4) is 11.5 Å². The minimum absolute atomic E-state index is 0.0648. The van der Waals surface area contributed by atoms with Crippen molar-refractivity contribution in [3.63, 3.8) is 0 Å². The molecule has 0 aromatic heterocycles. The molecule has 0 spiro atoms. The predicted molar refractivity (Wildman–Crippen MR) is 88.8 cm³/mol. The third-order valence-electron chi connectivity index (χ3n) is 3.29. The number of hydrogen-bond donors (Lipinski definition) is 1. The van der Waals surface area contributed by atoms with Gasteiger partial charge in [-0.05, 0) is 43.7 Å². The summed E-state index contributed by atoms with van der Waals surface area (Å²) >= 11 is 3.47. The van der Waals surface area contributed by atoms with Gasteiger partial charge in [-0.1, -0.05) is 28.1 Å². The lowest BCUT2D eigenvalue weighted by molar-refractivity contribution is 0.292. The number of nitrogens with two attached hydrogens (primary N) is 1. The predicted octanol–water partition coefficient (Wildman–Crippen LogP) is 4.36. The lowest BCUT2D eigenvalue weighted by Gasteiger charge is -2.16. The highest BCUT2D eigenvalue weighted by molar-refractivity contribution is 9.10. The van der Waals surface area contributed by atoms with Crippen LogP contribution in [0.2, 0.25) is 0 Å². The Balaban J connectivity index is 2.24. The highest BCUT2D eigenvalue weighted by atomic mass is 79.9. The Kier molecular flexibility index (Phi) is 5.26. The van der Waals surface area contributed by atoms with Crippen molar-refractivity contribution < 1.29 is 9.47 Å². The Morgan fingerprint density at radius 3 is 2.57 bits per heavy atom. The summed E-state index contributed by atoms with van der Waals surface area (Å²) in [5.74, 6) is 1.64. The van der Waals surface area contributed by atoms with E-state index in [0.29, 0.717) is 6.61 Å². The Bertz CT molecular complexity index is 626. The van der Waals surface area contributed by atoms with Crippen molar-refractivity contribution >= 4 is 15.9 Å². The van der Waals surface area contributed by atoms with Crippen molar-refractivity contribution in [2.45, 2.75) is 26.5 Å². The monoisotopic (exact) mass is 349 g/mol. The molecule has 0 aliphatic heterocycles. The van der Waals surface area contributed by atoms with Crippen molar-refractivity contribution in [2.75, 3.05) is 7.11 Å². The van der Waals surface area contributed by atoms with Crippen LogP contribution in [0.15, 0.2) is 40.9 Å². The molecule has 112 valence electrons. The zero-order valence-electron chi connectivity index (χ0n) is 12.5. The van der Waals surface area contributed by atoms with E-state index in [1.807, 2.05) is 50.2 Å². The Hall–Kier alpha value is -1.52. The fraction of sp³-hybridized carbons (Fsp3) is 0.294. The molecule has 0 aliphatic rings. The largest absolute Gasteiger partial charge is 0.496 e. The van der Waals surface area contributed by atoms with Gasteiger partial charge in [-0.2, -0.15) is 0 Å². The maximum absolute atomic E-state index is 6.00. The van der Waals surface area contributed by atoms with Gasteiger partial charge in [0, 0.05) is 21.6 Å². The van der Waals surface area contributed by atoms with Crippen LogP contribution in [0.1, 0.15) is 29.7 Å². The third kappa shape index (κ3) is 3.99. The van der Waals surface area contributed by atoms with Gasteiger partial charge in [0.25, 0.3) is 0 Å². The van der Waals surface area contributed by atoms with Gasteiger partial charge in [-0.25, -0.2) is 0 Å². The molecule has 2 rings (SSSR count). The molecule has 2 N–H and O–H groups in total. The summed E-state index contributed by atoms with van der Waals surface area (Å²) in [6.07, 6.45) is 0. The number of hydrogen-bond acceptors (Lipinski definition) is 3. The first-order valence-corrected chi connectivity index (χ1v) is 7.62. The molecule has 2 aromatic rings. The number of rotatable bonds is 5. The summed E-state index contributed by atoms with van der Waals surface area (Å²) in [5.41, 5.74) is 9.15. The van der Waals surface area contributed by atoms with Crippen molar-refractivity contribution in [3.05, 3.63) is 57.6 Å². The lowest BCUT2D eigenvalue weighted by Crippen LogP contribution is -2.08. The molecule has 4 heteroatoms. The zero-order chi connectivity index (χ0) is 15.4. The summed E-state index contributed by atoms with van der Waals surface area (Å²) in [6.45, 7) is 4.43. The number of halogens is 1. The topological polar surface area (TPSA) is 44.5 Å². The normalized spacial score (nSPS) is 12.0. The molecule has 0 aliphatic carbocycles. The summed E-state index contributed by atoms with van der Waals surface area (Å²) in [6, 6.07) is 11.9. The maximum atomic E-state index is 6.00. The third-order valence-corrected chi connectivity index (χ3v) is 3.78. The summed E-state index contributed by atoms with van der Waals surface area (Å²) in [4.78, 5) is 0. The van der Waals surface area contributed by atoms with Crippen LogP contribution in [0.4, 0.5) is 0 Å². The molecule has 3 nitrogen and oxygen atoms in total. The van der Waals surface area contributed by atoms with E-state index in [0.717, 1.165) is 32.7 Å². The van der Waals surface area contributed by atoms with Gasteiger partial charge < -0.3 is 15.2 Å². The smallest absolute Gasteiger partial charge is 0.125 e. The van der Waals surface area contributed by atoms with Crippen molar-refractivity contribution in [1.29, 1.82) is 0 Å². The highest BCUT2D eigenvalue weighted by Crippen LogP contribution is 2.28. The lowest BCUT2D eigenvalue weighted by atomic mass is 10.1. The van der Waals surface area contributed by atoms with E-state index in [2.05, 4.69) is 15.9 Å². The Morgan fingerprint density at radius 1 is 1.14 bits per heavy atom. The van der Waals surface area contributed by atoms with Crippen LogP contribution in [0.5, 0.6) is 11.5 Å². The van der Waals surface area contributed by atoms with Crippen molar-refractivity contribution in [2.24, 2.45) is 5.73 Å². The first kappa shape index (κ1) is 15.9. The Labute approximate surface area is 134 Å². The van der Waals surface area contributed by atoms with Gasteiger partial charge in [0.15, 0.2) is 0 Å². The van der Waals surface area contributed by atoms with E-state index in [1.54, 1.807) is 7.11 Å². The Morgan fingerprint density at radius 2 is 1.90 bits per heavy atom. The highest BCUT2D eigenvalue weighted by Gasteiger charge is 2.10. The minimum atomic E-state index is -0.0648.